The van der Waals surface area contributed by atoms with Gasteiger partial charge in [-0.3, -0.25) is 0 Å². The van der Waals surface area contributed by atoms with Gasteiger partial charge in [0.2, 0.25) is 0 Å². The number of hydrogen-bond donors (Lipinski definition) is 3. The second kappa shape index (κ2) is 12.1. The predicted molar refractivity (Wildman–Crippen MR) is 145 cm³/mol. The number of hydrogen-bond acceptors (Lipinski definition) is 6. The number of nitrogens with zero attached hydrogens (tertiary/aromatic N) is 2. The number of likely N-dealkylation sites (tertiary alicyclic amines) is 1. The first-order chi connectivity index (χ1) is 17.5. The van der Waals surface area contributed by atoms with Crippen molar-refractivity contribution in [3.8, 4) is 22.6 Å². The van der Waals surface area contributed by atoms with Crippen molar-refractivity contribution >= 4 is 23.6 Å². The lowest BCUT2D eigenvalue weighted by Gasteiger charge is -2.19. The molecule has 0 bridgehead atoms. The van der Waals surface area contributed by atoms with Gasteiger partial charge in [0.1, 0.15) is 17.3 Å². The van der Waals surface area contributed by atoms with Crippen LogP contribution in [0.5, 0.6) is 11.5 Å². The Balaban J connectivity index is 0.000000233. The fourth-order valence-electron chi connectivity index (χ4n) is 4.51. The number of nitrogens with one attached hydrogen (secondary N) is 1. The normalized spacial score (nSPS) is 15.4. The monoisotopic (exact) mass is 487 g/mol. The Labute approximate surface area is 212 Å². The lowest BCUT2D eigenvalue weighted by molar-refractivity contribution is 0.271. The van der Waals surface area contributed by atoms with Crippen molar-refractivity contribution in [3.05, 3.63) is 72.6 Å². The van der Waals surface area contributed by atoms with Crippen LogP contribution in [0, 0.1) is 0 Å². The van der Waals surface area contributed by atoms with E-state index in [4.69, 9.17) is 24.5 Å². The molecule has 4 aromatic rings. The maximum atomic E-state index is 8.70. The van der Waals surface area contributed by atoms with Crippen LogP contribution < -0.4 is 14.9 Å². The van der Waals surface area contributed by atoms with E-state index in [0.717, 1.165) is 41.1 Å². The summed E-state index contributed by atoms with van der Waals surface area (Å²) in [4.78, 5) is 10.8. The molecule has 0 unspecified atom stereocenters. The first-order valence-corrected chi connectivity index (χ1v) is 12.3. The molecular weight excluding hydrogens is 453 g/mol. The number of fused-ring (bicyclic) bond motifs is 1. The van der Waals surface area contributed by atoms with E-state index in [0.29, 0.717) is 17.3 Å². The third-order valence-electron chi connectivity index (χ3n) is 6.67. The van der Waals surface area contributed by atoms with Crippen LogP contribution in [0.25, 0.3) is 22.2 Å². The number of imidazole rings is 1. The summed E-state index contributed by atoms with van der Waals surface area (Å²) in [6.07, 6.45) is 3.63. The quantitative estimate of drug-likeness (QED) is 0.345. The van der Waals surface area contributed by atoms with Gasteiger partial charge in [-0.15, -0.1) is 0 Å². The van der Waals surface area contributed by atoms with Crippen molar-refractivity contribution in [3.63, 3.8) is 0 Å². The SMILES string of the molecule is COc1ccc(B(O)O)cc1.COc1cccc(-c2ccc3nc(CCN4CCC[C@H]4C)[nH]c3c2)c1. The number of H-pyrrole nitrogens is 1. The lowest BCUT2D eigenvalue weighted by Crippen LogP contribution is -2.29. The van der Waals surface area contributed by atoms with Crippen molar-refractivity contribution in [2.24, 2.45) is 0 Å². The van der Waals surface area contributed by atoms with Crippen LogP contribution in [0.2, 0.25) is 0 Å². The fraction of sp³-hybridized carbons (Fsp3) is 0.321. The highest BCUT2D eigenvalue weighted by Crippen LogP contribution is 2.26. The van der Waals surface area contributed by atoms with E-state index in [9.17, 15) is 0 Å². The van der Waals surface area contributed by atoms with Gasteiger partial charge >= 0.3 is 7.12 Å². The average molecular weight is 487 g/mol. The van der Waals surface area contributed by atoms with E-state index in [2.05, 4.69) is 47.1 Å². The molecule has 1 aromatic heterocycles. The second-order valence-corrected chi connectivity index (χ2v) is 9.07. The summed E-state index contributed by atoms with van der Waals surface area (Å²) < 4.78 is 10.2. The topological polar surface area (TPSA) is 90.8 Å². The molecule has 188 valence electrons. The minimum absolute atomic E-state index is 0.464. The smallest absolute Gasteiger partial charge is 0.488 e. The molecule has 1 saturated heterocycles. The zero-order valence-electron chi connectivity index (χ0n) is 21.1. The zero-order valence-corrected chi connectivity index (χ0v) is 21.1. The summed E-state index contributed by atoms with van der Waals surface area (Å²) in [5.41, 5.74) is 4.93. The Morgan fingerprint density at radius 1 is 0.972 bits per heavy atom. The molecule has 0 amide bonds. The Kier molecular flexibility index (Phi) is 8.64. The molecule has 0 aliphatic carbocycles. The third-order valence-corrected chi connectivity index (χ3v) is 6.67. The molecule has 1 atom stereocenters. The number of ether oxygens (including phenoxy) is 2. The Morgan fingerprint density at radius 2 is 1.72 bits per heavy atom. The van der Waals surface area contributed by atoms with Gasteiger partial charge in [0.25, 0.3) is 0 Å². The third kappa shape index (κ3) is 6.46. The summed E-state index contributed by atoms with van der Waals surface area (Å²) in [6.45, 7) is 4.64. The summed E-state index contributed by atoms with van der Waals surface area (Å²) in [7, 11) is 1.86. The number of benzene rings is 3. The van der Waals surface area contributed by atoms with Gasteiger partial charge in [-0.1, -0.05) is 30.3 Å². The molecule has 1 aliphatic rings. The molecule has 0 spiro atoms. The molecule has 8 heteroatoms. The highest BCUT2D eigenvalue weighted by Gasteiger charge is 2.20. The summed E-state index contributed by atoms with van der Waals surface area (Å²) in [5.74, 6) is 2.66. The van der Waals surface area contributed by atoms with Crippen LogP contribution in [0.15, 0.2) is 66.7 Å². The van der Waals surface area contributed by atoms with Crippen LogP contribution in [-0.2, 0) is 6.42 Å². The zero-order chi connectivity index (χ0) is 25.5. The standard InChI is InChI=1S/C21H25N3O.C7H9BO3/c1-15-5-4-11-24(15)12-10-21-22-19-9-8-17(14-20(19)23-21)16-6-3-7-18(13-16)25-2;1-11-7-4-2-6(3-5-7)8(9)10/h3,6-9,13-15H,4-5,10-12H2,1-2H3,(H,22,23);2-5,9-10H,1H3/t15-;/m1./s1. The Bertz CT molecular complexity index is 1260. The van der Waals surface area contributed by atoms with Crippen LogP contribution in [-0.4, -0.2) is 65.4 Å². The average Bonchev–Trinajstić information content (AvgIpc) is 3.52. The van der Waals surface area contributed by atoms with E-state index in [1.165, 1.54) is 24.9 Å². The molecular formula is C28H34BN3O4. The molecule has 0 radical (unpaired) electrons. The van der Waals surface area contributed by atoms with Crippen molar-refractivity contribution in [2.75, 3.05) is 27.3 Å². The molecule has 36 heavy (non-hydrogen) atoms. The molecule has 3 aromatic carbocycles. The lowest BCUT2D eigenvalue weighted by atomic mass is 9.80. The van der Waals surface area contributed by atoms with Gasteiger partial charge in [0.05, 0.1) is 25.3 Å². The first-order valence-electron chi connectivity index (χ1n) is 12.3. The number of aromatic amines is 1. The molecule has 1 fully saturated rings. The number of methoxy groups -OCH3 is 2. The molecule has 3 N–H and O–H groups in total. The number of rotatable bonds is 7. The van der Waals surface area contributed by atoms with Gasteiger partial charge in [-0.25, -0.2) is 4.98 Å². The predicted octanol–water partition coefficient (Wildman–Crippen LogP) is 3.64. The first kappa shape index (κ1) is 25.8. The Morgan fingerprint density at radius 3 is 2.39 bits per heavy atom. The maximum Gasteiger partial charge on any atom is 0.488 e. The highest BCUT2D eigenvalue weighted by atomic mass is 16.5. The van der Waals surface area contributed by atoms with Crippen LogP contribution in [0.1, 0.15) is 25.6 Å². The number of aromatic nitrogens is 2. The van der Waals surface area contributed by atoms with Crippen molar-refractivity contribution < 1.29 is 19.5 Å². The largest absolute Gasteiger partial charge is 0.497 e. The van der Waals surface area contributed by atoms with Crippen LogP contribution >= 0.6 is 0 Å². The minimum atomic E-state index is -1.40. The Hall–Kier alpha value is -3.33. The molecule has 2 heterocycles. The van der Waals surface area contributed by atoms with Crippen LogP contribution in [0.3, 0.4) is 0 Å². The summed E-state index contributed by atoms with van der Waals surface area (Å²) in [5, 5.41) is 17.4. The summed E-state index contributed by atoms with van der Waals surface area (Å²) in [6, 6.07) is 21.8. The summed E-state index contributed by atoms with van der Waals surface area (Å²) >= 11 is 0. The van der Waals surface area contributed by atoms with E-state index < -0.39 is 7.12 Å². The van der Waals surface area contributed by atoms with Crippen molar-refractivity contribution in [2.45, 2.75) is 32.2 Å². The maximum absolute atomic E-state index is 8.70. The molecule has 0 saturated carbocycles. The van der Waals surface area contributed by atoms with E-state index in [1.807, 2.05) is 12.1 Å². The molecule has 7 nitrogen and oxygen atoms in total. The highest BCUT2D eigenvalue weighted by molar-refractivity contribution is 6.58. The van der Waals surface area contributed by atoms with Crippen molar-refractivity contribution in [1.29, 1.82) is 0 Å². The fourth-order valence-corrected chi connectivity index (χ4v) is 4.51. The van der Waals surface area contributed by atoms with E-state index >= 15 is 0 Å². The molecule has 5 rings (SSSR count). The van der Waals surface area contributed by atoms with Gasteiger partial charge in [0, 0.05) is 19.0 Å². The molecule has 1 aliphatic heterocycles. The van der Waals surface area contributed by atoms with Gasteiger partial charge in [-0.2, -0.15) is 0 Å². The second-order valence-electron chi connectivity index (χ2n) is 9.07. The van der Waals surface area contributed by atoms with E-state index in [1.54, 1.807) is 38.5 Å². The van der Waals surface area contributed by atoms with Gasteiger partial charge in [0.15, 0.2) is 0 Å². The van der Waals surface area contributed by atoms with E-state index in [-0.39, 0.29) is 0 Å². The van der Waals surface area contributed by atoms with Gasteiger partial charge < -0.3 is 29.4 Å². The van der Waals surface area contributed by atoms with Crippen LogP contribution in [0.4, 0.5) is 0 Å². The van der Waals surface area contributed by atoms with Gasteiger partial charge in [-0.05, 0) is 79.3 Å². The minimum Gasteiger partial charge on any atom is -0.497 e. The van der Waals surface area contributed by atoms with Crippen molar-refractivity contribution in [1.82, 2.24) is 14.9 Å².